The average molecular weight is 343 g/mol. The van der Waals surface area contributed by atoms with Crippen molar-refractivity contribution in [1.29, 1.82) is 0 Å². The molecule has 3 rings (SSSR count). The number of nitrogens with zero attached hydrogens (tertiary/aromatic N) is 1. The molecule has 1 N–H and O–H groups in total. The zero-order valence-corrected chi connectivity index (χ0v) is 14.2. The molecule has 1 saturated heterocycles. The molecule has 0 unspecified atom stereocenters. The van der Waals surface area contributed by atoms with Crippen molar-refractivity contribution in [3.8, 4) is 0 Å². The minimum atomic E-state index is -0.866. The van der Waals surface area contributed by atoms with E-state index in [-0.39, 0.29) is 18.5 Å². The number of carbonyl (C=O) groups is 1. The Hall–Kier alpha value is -2.40. The lowest BCUT2D eigenvalue weighted by atomic mass is 9.85. The fraction of sp³-hybridized carbons (Fsp3) is 0.350. The van der Waals surface area contributed by atoms with Gasteiger partial charge < -0.3 is 14.7 Å². The van der Waals surface area contributed by atoms with Crippen LogP contribution in [-0.4, -0.2) is 28.2 Å². The Kier molecular flexibility index (Phi) is 5.04. The molecular formula is C20H22FNO3. The zero-order valence-electron chi connectivity index (χ0n) is 14.2. The van der Waals surface area contributed by atoms with Crippen molar-refractivity contribution in [2.45, 2.75) is 38.0 Å². The first kappa shape index (κ1) is 17.4. The third-order valence-corrected chi connectivity index (χ3v) is 4.60. The molecule has 0 aromatic heterocycles. The minimum absolute atomic E-state index is 0.197. The molecule has 1 amide bonds. The molecule has 4 nitrogen and oxygen atoms in total. The van der Waals surface area contributed by atoms with Gasteiger partial charge in [-0.2, -0.15) is 0 Å². The molecule has 1 fully saturated rings. The highest BCUT2D eigenvalue weighted by molar-refractivity contribution is 5.68. The van der Waals surface area contributed by atoms with Crippen molar-refractivity contribution in [3.05, 3.63) is 71.5 Å². The van der Waals surface area contributed by atoms with Crippen LogP contribution in [0.5, 0.6) is 0 Å². The summed E-state index contributed by atoms with van der Waals surface area (Å²) in [6, 6.07) is 15.2. The van der Waals surface area contributed by atoms with Gasteiger partial charge in [-0.05, 0) is 36.6 Å². The van der Waals surface area contributed by atoms with E-state index in [0.717, 1.165) is 11.1 Å². The van der Waals surface area contributed by atoms with E-state index in [1.807, 2.05) is 30.3 Å². The average Bonchev–Trinajstić information content (AvgIpc) is 2.60. The highest BCUT2D eigenvalue weighted by Crippen LogP contribution is 2.36. The van der Waals surface area contributed by atoms with Gasteiger partial charge >= 0.3 is 6.09 Å². The third kappa shape index (κ3) is 4.37. The Morgan fingerprint density at radius 3 is 2.60 bits per heavy atom. The van der Waals surface area contributed by atoms with Crippen LogP contribution in [0.1, 0.15) is 36.9 Å². The van der Waals surface area contributed by atoms with Gasteiger partial charge in [-0.3, -0.25) is 0 Å². The molecule has 1 aliphatic rings. The van der Waals surface area contributed by atoms with Crippen LogP contribution in [0.3, 0.4) is 0 Å². The number of benzene rings is 2. The van der Waals surface area contributed by atoms with Gasteiger partial charge in [-0.1, -0.05) is 42.5 Å². The number of ether oxygens (including phenoxy) is 1. The highest BCUT2D eigenvalue weighted by Gasteiger charge is 2.38. The monoisotopic (exact) mass is 343 g/mol. The van der Waals surface area contributed by atoms with Crippen LogP contribution in [0.15, 0.2) is 54.6 Å². The predicted octanol–water partition coefficient (Wildman–Crippen LogP) is 4.05. The van der Waals surface area contributed by atoms with E-state index < -0.39 is 11.7 Å². The van der Waals surface area contributed by atoms with Crippen LogP contribution in [-0.2, 0) is 11.3 Å². The third-order valence-electron chi connectivity index (χ3n) is 4.60. The van der Waals surface area contributed by atoms with Gasteiger partial charge in [-0.15, -0.1) is 0 Å². The fourth-order valence-corrected chi connectivity index (χ4v) is 3.15. The van der Waals surface area contributed by atoms with E-state index in [9.17, 15) is 14.3 Å². The van der Waals surface area contributed by atoms with Gasteiger partial charge in [-0.25, -0.2) is 9.18 Å². The number of hydrogen-bond acceptors (Lipinski definition) is 3. The molecule has 25 heavy (non-hydrogen) atoms. The largest absolute Gasteiger partial charge is 0.445 e. The van der Waals surface area contributed by atoms with Crippen LogP contribution in [0, 0.1) is 5.82 Å². The molecule has 0 spiro atoms. The van der Waals surface area contributed by atoms with Crippen molar-refractivity contribution in [2.75, 3.05) is 6.54 Å². The van der Waals surface area contributed by atoms with E-state index in [1.54, 1.807) is 24.0 Å². The van der Waals surface area contributed by atoms with Crippen LogP contribution < -0.4 is 0 Å². The number of hydrogen-bond donors (Lipinski definition) is 1. The molecule has 0 radical (unpaired) electrons. The summed E-state index contributed by atoms with van der Waals surface area (Å²) in [5.41, 5.74) is 0.839. The lowest BCUT2D eigenvalue weighted by Crippen LogP contribution is -2.47. The molecule has 2 aromatic carbocycles. The van der Waals surface area contributed by atoms with E-state index in [0.29, 0.717) is 19.4 Å². The summed E-state index contributed by atoms with van der Waals surface area (Å²) in [6.45, 7) is 2.35. The second-order valence-corrected chi connectivity index (χ2v) is 6.75. The molecule has 0 saturated carbocycles. The van der Waals surface area contributed by atoms with Gasteiger partial charge in [0.15, 0.2) is 0 Å². The van der Waals surface area contributed by atoms with E-state index >= 15 is 0 Å². The molecule has 2 atom stereocenters. The number of amides is 1. The smallest absolute Gasteiger partial charge is 0.410 e. The summed E-state index contributed by atoms with van der Waals surface area (Å²) in [6.07, 6.45) is 0.443. The highest BCUT2D eigenvalue weighted by atomic mass is 19.1. The molecule has 2 aromatic rings. The number of halogens is 1. The lowest BCUT2D eigenvalue weighted by Gasteiger charge is -2.42. The maximum absolute atomic E-state index is 13.2. The maximum Gasteiger partial charge on any atom is 0.410 e. The zero-order chi connectivity index (χ0) is 17.9. The number of piperidine rings is 1. The number of aliphatic hydroxyl groups is 1. The molecule has 132 valence electrons. The van der Waals surface area contributed by atoms with Gasteiger partial charge in [0.05, 0.1) is 11.6 Å². The summed E-state index contributed by atoms with van der Waals surface area (Å²) >= 11 is 0. The SMILES string of the molecule is C[C@@]1(O)CCN(C(=O)OCc2ccccc2)[C@H](c2ccc(F)cc2)C1. The lowest BCUT2D eigenvalue weighted by molar-refractivity contribution is -0.0330. The Morgan fingerprint density at radius 1 is 1.24 bits per heavy atom. The first-order chi connectivity index (χ1) is 11.9. The Morgan fingerprint density at radius 2 is 1.92 bits per heavy atom. The number of carbonyl (C=O) groups excluding carboxylic acids is 1. The van der Waals surface area contributed by atoms with Crippen molar-refractivity contribution in [2.24, 2.45) is 0 Å². The predicted molar refractivity (Wildman–Crippen MR) is 92.3 cm³/mol. The molecule has 5 heteroatoms. The summed E-state index contributed by atoms with van der Waals surface area (Å²) < 4.78 is 18.7. The Labute approximate surface area is 146 Å². The molecule has 0 aliphatic carbocycles. The van der Waals surface area contributed by atoms with E-state index in [1.165, 1.54) is 12.1 Å². The van der Waals surface area contributed by atoms with Crippen molar-refractivity contribution in [1.82, 2.24) is 4.90 Å². The van der Waals surface area contributed by atoms with E-state index in [4.69, 9.17) is 4.74 Å². The van der Waals surface area contributed by atoms with Gasteiger partial charge in [0.1, 0.15) is 12.4 Å². The summed E-state index contributed by atoms with van der Waals surface area (Å²) in [7, 11) is 0. The maximum atomic E-state index is 13.2. The summed E-state index contributed by atoms with van der Waals surface area (Å²) in [5.74, 6) is -0.329. The Balaban J connectivity index is 1.74. The quantitative estimate of drug-likeness (QED) is 0.915. The van der Waals surface area contributed by atoms with Crippen molar-refractivity contribution >= 4 is 6.09 Å². The first-order valence-corrected chi connectivity index (χ1v) is 8.40. The second kappa shape index (κ2) is 7.23. The van der Waals surface area contributed by atoms with Crippen molar-refractivity contribution in [3.63, 3.8) is 0 Å². The number of likely N-dealkylation sites (tertiary alicyclic amines) is 1. The minimum Gasteiger partial charge on any atom is -0.445 e. The number of rotatable bonds is 3. The topological polar surface area (TPSA) is 49.8 Å². The molecule has 0 bridgehead atoms. The van der Waals surface area contributed by atoms with E-state index in [2.05, 4.69) is 0 Å². The van der Waals surface area contributed by atoms with Gasteiger partial charge in [0, 0.05) is 13.0 Å². The summed E-state index contributed by atoms with van der Waals surface area (Å²) in [4.78, 5) is 14.2. The normalized spacial score (nSPS) is 23.3. The molecular weight excluding hydrogens is 321 g/mol. The fourth-order valence-electron chi connectivity index (χ4n) is 3.15. The van der Waals surface area contributed by atoms with Crippen LogP contribution in [0.4, 0.5) is 9.18 Å². The van der Waals surface area contributed by atoms with Crippen LogP contribution in [0.2, 0.25) is 0 Å². The van der Waals surface area contributed by atoms with Gasteiger partial charge in [0.2, 0.25) is 0 Å². The molecule has 1 heterocycles. The molecule has 1 aliphatic heterocycles. The second-order valence-electron chi connectivity index (χ2n) is 6.75. The van der Waals surface area contributed by atoms with Crippen LogP contribution >= 0.6 is 0 Å². The summed E-state index contributed by atoms with van der Waals surface area (Å²) in [5, 5.41) is 10.4. The first-order valence-electron chi connectivity index (χ1n) is 8.40. The standard InChI is InChI=1S/C20H22FNO3/c1-20(24)11-12-22(18(13-20)16-7-9-17(21)10-8-16)19(23)25-14-15-5-3-2-4-6-15/h2-10,18,24H,11-14H2,1H3/t18-,20+/m0/s1. The van der Waals surface area contributed by atoms with Crippen molar-refractivity contribution < 1.29 is 19.0 Å². The Bertz CT molecular complexity index is 715. The van der Waals surface area contributed by atoms with Crippen LogP contribution in [0.25, 0.3) is 0 Å². The van der Waals surface area contributed by atoms with Gasteiger partial charge in [0.25, 0.3) is 0 Å².